The molecule has 0 heteroatoms. The second-order valence-electron chi connectivity index (χ2n) is 4.85. The van der Waals surface area contributed by atoms with Gasteiger partial charge in [0.05, 0.1) is 0 Å². The van der Waals surface area contributed by atoms with Crippen molar-refractivity contribution in [3.63, 3.8) is 0 Å². The zero-order chi connectivity index (χ0) is 9.76. The quantitative estimate of drug-likeness (QED) is 0.571. The Morgan fingerprint density at radius 2 is 1.93 bits per heavy atom. The third-order valence-corrected chi connectivity index (χ3v) is 3.39. The summed E-state index contributed by atoms with van der Waals surface area (Å²) in [7, 11) is 0. The molecule has 1 aromatic rings. The molecule has 3 rings (SSSR count). The van der Waals surface area contributed by atoms with Crippen LogP contribution >= 0.6 is 0 Å². The highest BCUT2D eigenvalue weighted by Gasteiger charge is 2.34. The summed E-state index contributed by atoms with van der Waals surface area (Å²) in [5, 5.41) is 0. The lowest BCUT2D eigenvalue weighted by atomic mass is 9.85. The van der Waals surface area contributed by atoms with Crippen molar-refractivity contribution in [1.29, 1.82) is 0 Å². The molecule has 0 radical (unpaired) electrons. The van der Waals surface area contributed by atoms with Gasteiger partial charge in [0, 0.05) is 0 Å². The highest BCUT2D eigenvalue weighted by Crippen LogP contribution is 2.51. The molecule has 2 aliphatic rings. The maximum Gasteiger partial charge on any atom is -0.00625 e. The van der Waals surface area contributed by atoms with Crippen molar-refractivity contribution in [3.8, 4) is 0 Å². The summed E-state index contributed by atoms with van der Waals surface area (Å²) in [6.45, 7) is 4.66. The molecule has 0 saturated carbocycles. The molecule has 0 aliphatic heterocycles. The van der Waals surface area contributed by atoms with Crippen molar-refractivity contribution in [2.24, 2.45) is 5.41 Å². The SMILES string of the molecule is CC1(C)CC=C2C1=Cc1ccccc12. The number of fused-ring (bicyclic) bond motifs is 3. The first-order valence-corrected chi connectivity index (χ1v) is 5.21. The highest BCUT2D eigenvalue weighted by molar-refractivity contribution is 5.97. The summed E-state index contributed by atoms with van der Waals surface area (Å²) in [6, 6.07) is 8.68. The average Bonchev–Trinajstić information content (AvgIpc) is 2.65. The molecule has 0 N–H and O–H groups in total. The summed E-state index contributed by atoms with van der Waals surface area (Å²) in [6.07, 6.45) is 5.92. The molecular formula is C14H14. The average molecular weight is 182 g/mol. The van der Waals surface area contributed by atoms with Gasteiger partial charge in [-0.2, -0.15) is 0 Å². The van der Waals surface area contributed by atoms with E-state index in [0.717, 1.165) is 0 Å². The van der Waals surface area contributed by atoms with E-state index < -0.39 is 0 Å². The van der Waals surface area contributed by atoms with Gasteiger partial charge in [0.25, 0.3) is 0 Å². The molecule has 0 nitrogen and oxygen atoms in total. The molecule has 0 aromatic heterocycles. The van der Waals surface area contributed by atoms with Gasteiger partial charge in [-0.3, -0.25) is 0 Å². The Balaban J connectivity index is 2.23. The molecule has 0 heterocycles. The Hall–Kier alpha value is -1.30. The fourth-order valence-corrected chi connectivity index (χ4v) is 2.49. The van der Waals surface area contributed by atoms with E-state index in [1.54, 1.807) is 0 Å². The minimum atomic E-state index is 0.342. The Morgan fingerprint density at radius 1 is 1.14 bits per heavy atom. The molecule has 0 saturated heterocycles. The van der Waals surface area contributed by atoms with Crippen LogP contribution in [0, 0.1) is 5.41 Å². The van der Waals surface area contributed by atoms with Crippen LogP contribution in [0.2, 0.25) is 0 Å². The molecule has 0 spiro atoms. The second kappa shape index (κ2) is 2.38. The van der Waals surface area contributed by atoms with E-state index in [2.05, 4.69) is 50.3 Å². The third-order valence-electron chi connectivity index (χ3n) is 3.39. The second-order valence-corrected chi connectivity index (χ2v) is 4.85. The Bertz CT molecular complexity index is 459. The summed E-state index contributed by atoms with van der Waals surface area (Å²) in [4.78, 5) is 0. The molecule has 2 aliphatic carbocycles. The number of rotatable bonds is 0. The summed E-state index contributed by atoms with van der Waals surface area (Å²) in [5.74, 6) is 0. The summed E-state index contributed by atoms with van der Waals surface area (Å²) < 4.78 is 0. The van der Waals surface area contributed by atoms with Crippen LogP contribution < -0.4 is 0 Å². The molecule has 1 aromatic carbocycles. The summed E-state index contributed by atoms with van der Waals surface area (Å²) >= 11 is 0. The van der Waals surface area contributed by atoms with E-state index in [9.17, 15) is 0 Å². The summed E-state index contributed by atoms with van der Waals surface area (Å²) in [5.41, 5.74) is 6.16. The van der Waals surface area contributed by atoms with E-state index in [-0.39, 0.29) is 0 Å². The molecule has 0 fully saturated rings. The fourth-order valence-electron chi connectivity index (χ4n) is 2.49. The van der Waals surface area contributed by atoms with Gasteiger partial charge in [0.2, 0.25) is 0 Å². The first-order valence-electron chi connectivity index (χ1n) is 5.21. The minimum Gasteiger partial charge on any atom is -0.0755 e. The lowest BCUT2D eigenvalue weighted by Crippen LogP contribution is -2.07. The van der Waals surface area contributed by atoms with Gasteiger partial charge in [-0.1, -0.05) is 44.2 Å². The van der Waals surface area contributed by atoms with Gasteiger partial charge in [0.15, 0.2) is 0 Å². The molecule has 0 atom stereocenters. The van der Waals surface area contributed by atoms with E-state index in [1.165, 1.54) is 28.7 Å². The zero-order valence-electron chi connectivity index (χ0n) is 8.67. The van der Waals surface area contributed by atoms with Crippen molar-refractivity contribution >= 4 is 11.6 Å². The van der Waals surface area contributed by atoms with E-state index in [1.807, 2.05) is 0 Å². The van der Waals surface area contributed by atoms with Crippen LogP contribution in [0.1, 0.15) is 31.4 Å². The van der Waals surface area contributed by atoms with Crippen LogP contribution in [-0.4, -0.2) is 0 Å². The predicted molar refractivity (Wildman–Crippen MR) is 60.8 cm³/mol. The van der Waals surface area contributed by atoms with E-state index >= 15 is 0 Å². The topological polar surface area (TPSA) is 0 Å². The van der Waals surface area contributed by atoms with Crippen molar-refractivity contribution in [2.45, 2.75) is 20.3 Å². The Kier molecular flexibility index (Phi) is 1.37. The zero-order valence-corrected chi connectivity index (χ0v) is 8.67. The number of allylic oxidation sites excluding steroid dienone is 3. The van der Waals surface area contributed by atoms with Crippen LogP contribution in [-0.2, 0) is 0 Å². The highest BCUT2D eigenvalue weighted by atomic mass is 14.4. The molecular weight excluding hydrogens is 168 g/mol. The maximum atomic E-state index is 2.39. The van der Waals surface area contributed by atoms with Gasteiger partial charge < -0.3 is 0 Å². The molecule has 0 unspecified atom stereocenters. The Morgan fingerprint density at radius 3 is 2.79 bits per heavy atom. The smallest absolute Gasteiger partial charge is 0.00625 e. The molecule has 0 amide bonds. The van der Waals surface area contributed by atoms with Crippen LogP contribution in [0.25, 0.3) is 11.6 Å². The van der Waals surface area contributed by atoms with Crippen molar-refractivity contribution in [2.75, 3.05) is 0 Å². The van der Waals surface area contributed by atoms with Crippen molar-refractivity contribution in [1.82, 2.24) is 0 Å². The largest absolute Gasteiger partial charge is 0.0755 e. The van der Waals surface area contributed by atoms with Gasteiger partial charge in [-0.05, 0) is 40.2 Å². The molecule has 14 heavy (non-hydrogen) atoms. The maximum absolute atomic E-state index is 2.39. The fraction of sp³-hybridized carbons (Fsp3) is 0.286. The molecule has 70 valence electrons. The number of hydrogen-bond donors (Lipinski definition) is 0. The normalized spacial score (nSPS) is 21.3. The van der Waals surface area contributed by atoms with Gasteiger partial charge >= 0.3 is 0 Å². The van der Waals surface area contributed by atoms with E-state index in [4.69, 9.17) is 0 Å². The first-order chi connectivity index (χ1) is 6.68. The predicted octanol–water partition coefficient (Wildman–Crippen LogP) is 3.90. The van der Waals surface area contributed by atoms with Gasteiger partial charge in [0.1, 0.15) is 0 Å². The van der Waals surface area contributed by atoms with Gasteiger partial charge in [-0.15, -0.1) is 0 Å². The number of benzene rings is 1. The lowest BCUT2D eigenvalue weighted by molar-refractivity contribution is 0.488. The van der Waals surface area contributed by atoms with Crippen LogP contribution in [0.5, 0.6) is 0 Å². The standard InChI is InChI=1S/C14H14/c1-14(2)8-7-12-11-6-4-3-5-10(11)9-13(12)14/h3-7,9H,8H2,1-2H3. The lowest BCUT2D eigenvalue weighted by Gasteiger charge is -2.19. The first kappa shape index (κ1) is 8.05. The monoisotopic (exact) mass is 182 g/mol. The van der Waals surface area contributed by atoms with Crippen LogP contribution in [0.3, 0.4) is 0 Å². The Labute approximate surface area is 85.0 Å². The van der Waals surface area contributed by atoms with Crippen LogP contribution in [0.15, 0.2) is 35.9 Å². The molecule has 0 bridgehead atoms. The minimum absolute atomic E-state index is 0.342. The van der Waals surface area contributed by atoms with Crippen molar-refractivity contribution < 1.29 is 0 Å². The van der Waals surface area contributed by atoms with Crippen LogP contribution in [0.4, 0.5) is 0 Å². The third kappa shape index (κ3) is 0.886. The van der Waals surface area contributed by atoms with Gasteiger partial charge in [-0.25, -0.2) is 0 Å². The number of hydrogen-bond acceptors (Lipinski definition) is 0. The van der Waals surface area contributed by atoms with Crippen molar-refractivity contribution in [3.05, 3.63) is 47.0 Å². The van der Waals surface area contributed by atoms with E-state index in [0.29, 0.717) is 5.41 Å².